The molecular weight excluding hydrogens is 455 g/mol. The van der Waals surface area contributed by atoms with E-state index in [2.05, 4.69) is 4.74 Å². The van der Waals surface area contributed by atoms with Crippen molar-refractivity contribution in [2.75, 3.05) is 13.1 Å². The predicted molar refractivity (Wildman–Crippen MR) is 98.9 cm³/mol. The molecule has 1 unspecified atom stereocenters. The van der Waals surface area contributed by atoms with Gasteiger partial charge in [0.1, 0.15) is 5.75 Å². The van der Waals surface area contributed by atoms with Gasteiger partial charge in [0.2, 0.25) is 10.0 Å². The van der Waals surface area contributed by atoms with Crippen molar-refractivity contribution in [3.63, 3.8) is 0 Å². The first-order valence-corrected chi connectivity index (χ1v) is 11.6. The van der Waals surface area contributed by atoms with E-state index >= 15 is 0 Å². The maximum atomic E-state index is 12.7. The van der Waals surface area contributed by atoms with Crippen LogP contribution in [0.15, 0.2) is 58.3 Å². The third-order valence-corrected chi connectivity index (χ3v) is 8.71. The van der Waals surface area contributed by atoms with Crippen molar-refractivity contribution in [1.29, 1.82) is 0 Å². The number of ether oxygens (including phenoxy) is 1. The molecule has 1 atom stereocenters. The van der Waals surface area contributed by atoms with Crippen LogP contribution in [0.4, 0.5) is 13.2 Å². The highest BCUT2D eigenvalue weighted by Gasteiger charge is 2.39. The minimum atomic E-state index is -4.89. The van der Waals surface area contributed by atoms with E-state index in [9.17, 15) is 30.0 Å². The zero-order valence-electron chi connectivity index (χ0n) is 14.6. The SMILES string of the molecule is O=S(=O)(c1ccc(Cl)cc1)C1CCN(S(=O)(=O)c2ccc(OC(F)(F)F)cc2)C1. The van der Waals surface area contributed by atoms with Crippen LogP contribution in [0.2, 0.25) is 5.02 Å². The smallest absolute Gasteiger partial charge is 0.406 e. The molecule has 1 fully saturated rings. The molecule has 0 aromatic heterocycles. The highest BCUT2D eigenvalue weighted by Crippen LogP contribution is 2.30. The van der Waals surface area contributed by atoms with Gasteiger partial charge in [0.05, 0.1) is 15.0 Å². The van der Waals surface area contributed by atoms with Crippen molar-refractivity contribution >= 4 is 31.5 Å². The molecule has 1 heterocycles. The Bertz CT molecular complexity index is 1090. The van der Waals surface area contributed by atoms with Crippen molar-refractivity contribution in [3.8, 4) is 5.75 Å². The van der Waals surface area contributed by atoms with Crippen LogP contribution in [0.5, 0.6) is 5.75 Å². The molecular formula is C17H15ClF3NO5S2. The highest BCUT2D eigenvalue weighted by molar-refractivity contribution is 7.92. The number of alkyl halides is 3. The Balaban J connectivity index is 1.77. The molecule has 1 aliphatic rings. The molecule has 2 aromatic carbocycles. The van der Waals surface area contributed by atoms with Crippen LogP contribution in [0.1, 0.15) is 6.42 Å². The third-order valence-electron chi connectivity index (χ3n) is 4.38. The highest BCUT2D eigenvalue weighted by atomic mass is 35.5. The summed E-state index contributed by atoms with van der Waals surface area (Å²) in [6, 6.07) is 9.32. The first-order valence-electron chi connectivity index (χ1n) is 8.25. The topological polar surface area (TPSA) is 80.8 Å². The average molecular weight is 470 g/mol. The monoisotopic (exact) mass is 469 g/mol. The molecule has 2 aromatic rings. The summed E-state index contributed by atoms with van der Waals surface area (Å²) in [6.45, 7) is -0.283. The molecule has 1 saturated heterocycles. The Morgan fingerprint density at radius 3 is 2.03 bits per heavy atom. The summed E-state index contributed by atoms with van der Waals surface area (Å²) in [5, 5.41) is -0.566. The Kier molecular flexibility index (Phi) is 5.87. The van der Waals surface area contributed by atoms with Gasteiger partial charge in [-0.1, -0.05) is 11.6 Å². The second kappa shape index (κ2) is 7.78. The molecule has 0 amide bonds. The standard InChI is InChI=1S/C17H15ClF3NO5S2/c18-12-1-5-14(6-2-12)28(23,24)16-9-10-22(11-16)29(25,26)15-7-3-13(4-8-15)27-17(19,20)21/h1-8,16H,9-11H2. The lowest BCUT2D eigenvalue weighted by molar-refractivity contribution is -0.274. The van der Waals surface area contributed by atoms with Gasteiger partial charge in [-0.05, 0) is 55.0 Å². The molecule has 0 saturated carbocycles. The zero-order valence-corrected chi connectivity index (χ0v) is 17.0. The Labute approximate surface area is 170 Å². The fraction of sp³-hybridized carbons (Fsp3) is 0.294. The van der Waals surface area contributed by atoms with Crippen molar-refractivity contribution in [1.82, 2.24) is 4.31 Å². The van der Waals surface area contributed by atoms with Gasteiger partial charge < -0.3 is 4.74 Å². The van der Waals surface area contributed by atoms with E-state index in [1.807, 2.05) is 0 Å². The number of hydrogen-bond donors (Lipinski definition) is 0. The molecule has 1 aliphatic heterocycles. The second-order valence-electron chi connectivity index (χ2n) is 6.29. The number of halogens is 4. The lowest BCUT2D eigenvalue weighted by Gasteiger charge is -2.17. The molecule has 29 heavy (non-hydrogen) atoms. The Hall–Kier alpha value is -1.82. The van der Waals surface area contributed by atoms with E-state index in [0.717, 1.165) is 28.6 Å². The van der Waals surface area contributed by atoms with Crippen LogP contribution in [0.25, 0.3) is 0 Å². The Morgan fingerprint density at radius 1 is 0.931 bits per heavy atom. The van der Waals surface area contributed by atoms with Gasteiger partial charge in [0.25, 0.3) is 0 Å². The van der Waals surface area contributed by atoms with E-state index in [4.69, 9.17) is 11.6 Å². The summed E-state index contributed by atoms with van der Waals surface area (Å²) in [4.78, 5) is -0.212. The van der Waals surface area contributed by atoms with Gasteiger partial charge in [0.15, 0.2) is 9.84 Å². The summed E-state index contributed by atoms with van der Waals surface area (Å²) < 4.78 is 92.4. The first-order chi connectivity index (χ1) is 13.4. The predicted octanol–water partition coefficient (Wildman–Crippen LogP) is 3.48. The van der Waals surface area contributed by atoms with Gasteiger partial charge >= 0.3 is 6.36 Å². The van der Waals surface area contributed by atoms with Crippen molar-refractivity contribution in [2.45, 2.75) is 27.8 Å². The molecule has 12 heteroatoms. The molecule has 6 nitrogen and oxygen atoms in total. The van der Waals surface area contributed by atoms with Gasteiger partial charge in [0, 0.05) is 18.1 Å². The first kappa shape index (κ1) is 21.9. The number of rotatable bonds is 5. The molecule has 0 radical (unpaired) electrons. The van der Waals surface area contributed by atoms with Crippen LogP contribution >= 0.6 is 11.6 Å². The number of hydrogen-bond acceptors (Lipinski definition) is 5. The zero-order chi connectivity index (χ0) is 21.4. The lowest BCUT2D eigenvalue weighted by atomic mass is 10.3. The van der Waals surface area contributed by atoms with Crippen LogP contribution in [-0.2, 0) is 19.9 Å². The van der Waals surface area contributed by atoms with Crippen molar-refractivity contribution in [2.24, 2.45) is 0 Å². The Morgan fingerprint density at radius 2 is 1.48 bits per heavy atom. The molecule has 0 spiro atoms. The van der Waals surface area contributed by atoms with Crippen LogP contribution < -0.4 is 4.74 Å². The third kappa shape index (κ3) is 4.85. The summed E-state index contributed by atoms with van der Waals surface area (Å²) in [5.41, 5.74) is 0. The fourth-order valence-corrected chi connectivity index (χ4v) is 6.36. The van der Waals surface area contributed by atoms with Gasteiger partial charge in [-0.25, -0.2) is 16.8 Å². The van der Waals surface area contributed by atoms with Gasteiger partial charge in [-0.3, -0.25) is 0 Å². The minimum Gasteiger partial charge on any atom is -0.406 e. The quantitative estimate of drug-likeness (QED) is 0.669. The van der Waals surface area contributed by atoms with Crippen LogP contribution in [-0.4, -0.2) is 45.8 Å². The van der Waals surface area contributed by atoms with Crippen LogP contribution in [0, 0.1) is 0 Å². The van der Waals surface area contributed by atoms with Crippen LogP contribution in [0.3, 0.4) is 0 Å². The summed E-state index contributed by atoms with van der Waals surface area (Å²) >= 11 is 5.77. The molecule has 158 valence electrons. The molecule has 0 aliphatic carbocycles. The number of benzene rings is 2. The molecule has 0 bridgehead atoms. The molecule has 3 rings (SSSR count). The molecule has 0 N–H and O–H groups in total. The van der Waals surface area contributed by atoms with E-state index < -0.39 is 37.2 Å². The lowest BCUT2D eigenvalue weighted by Crippen LogP contribution is -2.32. The van der Waals surface area contributed by atoms with Gasteiger partial charge in [-0.2, -0.15) is 4.31 Å². The fourth-order valence-electron chi connectivity index (χ4n) is 2.95. The van der Waals surface area contributed by atoms with E-state index in [1.54, 1.807) is 0 Å². The average Bonchev–Trinajstić information content (AvgIpc) is 3.13. The van der Waals surface area contributed by atoms with E-state index in [0.29, 0.717) is 5.02 Å². The van der Waals surface area contributed by atoms with Crippen molar-refractivity contribution < 1.29 is 34.7 Å². The maximum absolute atomic E-state index is 12.7. The maximum Gasteiger partial charge on any atom is 0.573 e. The number of nitrogens with zero attached hydrogens (tertiary/aromatic N) is 1. The number of sulfonamides is 1. The van der Waals surface area contributed by atoms with E-state index in [-0.39, 0.29) is 29.3 Å². The summed E-state index contributed by atoms with van der Waals surface area (Å²) in [7, 11) is -7.84. The van der Waals surface area contributed by atoms with E-state index in [1.165, 1.54) is 24.3 Å². The minimum absolute atomic E-state index is 0.0272. The largest absolute Gasteiger partial charge is 0.573 e. The summed E-state index contributed by atoms with van der Waals surface area (Å²) in [5.74, 6) is -0.555. The van der Waals surface area contributed by atoms with Gasteiger partial charge in [-0.15, -0.1) is 13.2 Å². The number of sulfone groups is 1. The second-order valence-corrected chi connectivity index (χ2v) is 10.9. The normalized spacial score (nSPS) is 18.7. The van der Waals surface area contributed by atoms with Crippen molar-refractivity contribution in [3.05, 3.63) is 53.6 Å². The summed E-state index contributed by atoms with van der Waals surface area (Å²) in [6.07, 6.45) is -4.79.